The highest BCUT2D eigenvalue weighted by Gasteiger charge is 2.20. The van der Waals surface area contributed by atoms with E-state index >= 15 is 0 Å². The summed E-state index contributed by atoms with van der Waals surface area (Å²) in [4.78, 5) is 5.05. The Labute approximate surface area is 292 Å². The van der Waals surface area contributed by atoms with Crippen molar-refractivity contribution in [3.05, 3.63) is 168 Å². The summed E-state index contributed by atoms with van der Waals surface area (Å²) in [6.45, 7) is 0.543. The van der Waals surface area contributed by atoms with Crippen LogP contribution < -0.4 is 11.1 Å². The molecule has 0 aliphatic rings. The van der Waals surface area contributed by atoms with E-state index in [1.807, 2.05) is 91.0 Å². The molecule has 0 amide bonds. The van der Waals surface area contributed by atoms with E-state index < -0.39 is 6.17 Å². The van der Waals surface area contributed by atoms with Crippen molar-refractivity contribution in [3.8, 4) is 11.1 Å². The van der Waals surface area contributed by atoms with Gasteiger partial charge in [0.15, 0.2) is 0 Å². The Bertz CT molecular complexity index is 2950. The summed E-state index contributed by atoms with van der Waals surface area (Å²) in [7, 11) is 0. The first-order chi connectivity index (χ1) is 25.2. The standard InChI is InChI=1S/C45H31N3O3/c46-44(27-11-2-1-3-12-27)48-45(47-26-29-13-8-21-38-41(29)34-15-5-7-20-37(34)49-38)28-23-24-35-40(25-28)50-39-22-10-16-31(42(35)39)33-18-9-17-32-30-14-4-6-19-36(30)51-43(32)33/h1-25,45,47H,26H2,(H2,46,48). The number of fused-ring (bicyclic) bond motifs is 9. The first-order valence-electron chi connectivity index (χ1n) is 17.1. The molecule has 1 atom stereocenters. The molecule has 3 aromatic heterocycles. The fourth-order valence-electron chi connectivity index (χ4n) is 7.46. The van der Waals surface area contributed by atoms with Gasteiger partial charge in [0, 0.05) is 50.0 Å². The summed E-state index contributed by atoms with van der Waals surface area (Å²) in [6.07, 6.45) is -0.458. The van der Waals surface area contributed by atoms with Gasteiger partial charge in [0.1, 0.15) is 45.5 Å². The van der Waals surface area contributed by atoms with E-state index in [9.17, 15) is 0 Å². The largest absolute Gasteiger partial charge is 0.456 e. The monoisotopic (exact) mass is 661 g/mol. The maximum absolute atomic E-state index is 6.64. The van der Waals surface area contributed by atoms with Crippen LogP contribution in [0.15, 0.2) is 170 Å². The number of benzene rings is 7. The number of hydrogen-bond donors (Lipinski definition) is 2. The van der Waals surface area contributed by atoms with Gasteiger partial charge in [-0.05, 0) is 47.0 Å². The maximum Gasteiger partial charge on any atom is 0.143 e. The average Bonchev–Trinajstić information content (AvgIpc) is 3.88. The van der Waals surface area contributed by atoms with Crippen molar-refractivity contribution in [1.29, 1.82) is 0 Å². The van der Waals surface area contributed by atoms with E-state index in [4.69, 9.17) is 24.0 Å². The third-order valence-corrected chi connectivity index (χ3v) is 9.84. The number of amidine groups is 1. The first kappa shape index (κ1) is 29.3. The van der Waals surface area contributed by atoms with E-state index in [0.29, 0.717) is 12.4 Å². The van der Waals surface area contributed by atoms with Crippen molar-refractivity contribution < 1.29 is 13.3 Å². The number of aliphatic imine (C=N–C) groups is 1. The molecule has 6 nitrogen and oxygen atoms in total. The molecule has 10 aromatic rings. The topological polar surface area (TPSA) is 89.8 Å². The Morgan fingerprint density at radius 3 is 2.02 bits per heavy atom. The zero-order chi connectivity index (χ0) is 33.9. The van der Waals surface area contributed by atoms with Crippen LogP contribution in [0.2, 0.25) is 0 Å². The van der Waals surface area contributed by atoms with Crippen molar-refractivity contribution in [2.75, 3.05) is 0 Å². The van der Waals surface area contributed by atoms with Gasteiger partial charge >= 0.3 is 0 Å². The lowest BCUT2D eigenvalue weighted by atomic mass is 9.97. The summed E-state index contributed by atoms with van der Waals surface area (Å²) >= 11 is 0. The lowest BCUT2D eigenvalue weighted by molar-refractivity contribution is 0.555. The van der Waals surface area contributed by atoms with Crippen LogP contribution in [0.3, 0.4) is 0 Å². The molecule has 10 rings (SSSR count). The van der Waals surface area contributed by atoms with Crippen molar-refractivity contribution in [3.63, 3.8) is 0 Å². The molecule has 0 aliphatic carbocycles. The minimum Gasteiger partial charge on any atom is -0.456 e. The zero-order valence-corrected chi connectivity index (χ0v) is 27.5. The van der Waals surface area contributed by atoms with Crippen LogP contribution in [0.1, 0.15) is 22.9 Å². The molecule has 0 fully saturated rings. The third kappa shape index (κ3) is 4.88. The second kappa shape index (κ2) is 11.8. The molecule has 1 unspecified atom stereocenters. The van der Waals surface area contributed by atoms with Gasteiger partial charge in [0.25, 0.3) is 0 Å². The second-order valence-corrected chi connectivity index (χ2v) is 12.9. The molecule has 6 heteroatoms. The Morgan fingerprint density at radius 1 is 0.529 bits per heavy atom. The number of nitrogens with two attached hydrogens (primary N) is 1. The molecule has 0 radical (unpaired) electrons. The van der Waals surface area contributed by atoms with Crippen molar-refractivity contribution >= 4 is 71.7 Å². The molecule has 51 heavy (non-hydrogen) atoms. The summed E-state index contributed by atoms with van der Waals surface area (Å²) in [5.74, 6) is 0.450. The second-order valence-electron chi connectivity index (χ2n) is 12.9. The molecule has 0 saturated carbocycles. The molecule has 7 aromatic carbocycles. The van der Waals surface area contributed by atoms with Crippen LogP contribution in [0.5, 0.6) is 0 Å². The lowest BCUT2D eigenvalue weighted by Gasteiger charge is -2.17. The van der Waals surface area contributed by atoms with Gasteiger partial charge in [-0.15, -0.1) is 0 Å². The first-order valence-corrected chi connectivity index (χ1v) is 17.1. The van der Waals surface area contributed by atoms with Crippen LogP contribution in [0.25, 0.3) is 76.9 Å². The van der Waals surface area contributed by atoms with Crippen LogP contribution in [0, 0.1) is 0 Å². The molecule has 3 N–H and O–H groups in total. The number of furan rings is 3. The van der Waals surface area contributed by atoms with Gasteiger partial charge in [0.2, 0.25) is 0 Å². The Hall–Kier alpha value is -6.63. The number of para-hydroxylation sites is 3. The number of nitrogens with one attached hydrogen (secondary N) is 1. The quantitative estimate of drug-likeness (QED) is 0.131. The van der Waals surface area contributed by atoms with Crippen molar-refractivity contribution in [2.24, 2.45) is 10.7 Å². The smallest absolute Gasteiger partial charge is 0.143 e. The molecule has 244 valence electrons. The van der Waals surface area contributed by atoms with Crippen LogP contribution in [0.4, 0.5) is 0 Å². The van der Waals surface area contributed by atoms with Crippen LogP contribution >= 0.6 is 0 Å². The summed E-state index contributed by atoms with van der Waals surface area (Å²) in [5.41, 5.74) is 16.7. The van der Waals surface area contributed by atoms with E-state index in [1.165, 1.54) is 0 Å². The van der Waals surface area contributed by atoms with Gasteiger partial charge in [-0.25, -0.2) is 4.99 Å². The number of nitrogens with zero attached hydrogens (tertiary/aromatic N) is 1. The normalized spacial score (nSPS) is 13.0. The highest BCUT2D eigenvalue weighted by atomic mass is 16.3. The fraction of sp³-hybridized carbons (Fsp3) is 0.0444. The van der Waals surface area contributed by atoms with E-state index in [2.05, 4.69) is 66.0 Å². The average molecular weight is 662 g/mol. The molecule has 3 heterocycles. The highest BCUT2D eigenvalue weighted by molar-refractivity contribution is 6.17. The lowest BCUT2D eigenvalue weighted by Crippen LogP contribution is -2.24. The number of hydrogen-bond acceptors (Lipinski definition) is 5. The minimum absolute atomic E-state index is 0.450. The van der Waals surface area contributed by atoms with Gasteiger partial charge in [0.05, 0.1) is 0 Å². The molecule has 0 bridgehead atoms. The van der Waals surface area contributed by atoms with Gasteiger partial charge in [-0.1, -0.05) is 121 Å². The number of rotatable bonds is 7. The van der Waals surface area contributed by atoms with Crippen molar-refractivity contribution in [2.45, 2.75) is 12.7 Å². The van der Waals surface area contributed by atoms with Crippen LogP contribution in [-0.4, -0.2) is 5.84 Å². The third-order valence-electron chi connectivity index (χ3n) is 9.84. The highest BCUT2D eigenvalue weighted by Crippen LogP contribution is 2.42. The van der Waals surface area contributed by atoms with E-state index in [-0.39, 0.29) is 0 Å². The molecule has 0 aliphatic heterocycles. The Kier molecular flexibility index (Phi) is 6.76. The molecular formula is C45H31N3O3. The maximum atomic E-state index is 6.64. The minimum atomic E-state index is -0.458. The van der Waals surface area contributed by atoms with E-state index in [1.54, 1.807) is 0 Å². The van der Waals surface area contributed by atoms with Crippen LogP contribution in [-0.2, 0) is 6.54 Å². The van der Waals surface area contributed by atoms with Gasteiger partial charge in [-0.3, -0.25) is 5.32 Å². The molecule has 0 saturated heterocycles. The van der Waals surface area contributed by atoms with Gasteiger partial charge in [-0.2, -0.15) is 0 Å². The summed E-state index contributed by atoms with van der Waals surface area (Å²) < 4.78 is 19.2. The predicted molar refractivity (Wildman–Crippen MR) is 207 cm³/mol. The predicted octanol–water partition coefficient (Wildman–Crippen LogP) is 11.2. The molecular weight excluding hydrogens is 631 g/mol. The summed E-state index contributed by atoms with van der Waals surface area (Å²) in [6, 6.07) is 51.2. The van der Waals surface area contributed by atoms with E-state index in [0.717, 1.165) is 93.6 Å². The SMILES string of the molecule is NC(=NC(NCc1cccc2oc3ccccc3c12)c1ccc2c(c1)oc1cccc(-c3cccc4c3oc3ccccc34)c12)c1ccccc1. The summed E-state index contributed by atoms with van der Waals surface area (Å²) in [5, 5.41) is 10.2. The van der Waals surface area contributed by atoms with Gasteiger partial charge < -0.3 is 19.0 Å². The molecule has 0 spiro atoms. The Balaban J connectivity index is 1.08. The fourth-order valence-corrected chi connectivity index (χ4v) is 7.46. The zero-order valence-electron chi connectivity index (χ0n) is 27.5. The Morgan fingerprint density at radius 2 is 1.16 bits per heavy atom. The van der Waals surface area contributed by atoms with Crippen molar-refractivity contribution in [1.82, 2.24) is 5.32 Å².